The van der Waals surface area contributed by atoms with Crippen LogP contribution in [0.1, 0.15) is 10.4 Å². The van der Waals surface area contributed by atoms with Crippen molar-refractivity contribution in [1.82, 2.24) is 0 Å². The molecule has 0 unspecified atom stereocenters. The largest absolute Gasteiger partial charge is 0.493 e. The summed E-state index contributed by atoms with van der Waals surface area (Å²) in [6.07, 6.45) is 0. The van der Waals surface area contributed by atoms with Crippen molar-refractivity contribution in [3.05, 3.63) is 53.6 Å². The van der Waals surface area contributed by atoms with Gasteiger partial charge in [-0.2, -0.15) is 0 Å². The van der Waals surface area contributed by atoms with Gasteiger partial charge in [0.15, 0.2) is 11.6 Å². The van der Waals surface area contributed by atoms with Gasteiger partial charge in [-0.05, 0) is 36.4 Å². The number of anilines is 1. The van der Waals surface area contributed by atoms with Crippen LogP contribution in [0.2, 0.25) is 0 Å². The van der Waals surface area contributed by atoms with Crippen molar-refractivity contribution in [1.29, 1.82) is 0 Å². The molecule has 2 aromatic rings. The van der Waals surface area contributed by atoms with Gasteiger partial charge in [-0.1, -0.05) is 0 Å². The van der Waals surface area contributed by atoms with E-state index in [2.05, 4.69) is 5.32 Å². The second-order valence-corrected chi connectivity index (χ2v) is 6.02. The average molecular weight is 342 g/mol. The van der Waals surface area contributed by atoms with Crippen LogP contribution in [0.15, 0.2) is 41.3 Å². The molecule has 2 aromatic carbocycles. The molecule has 0 spiro atoms. The van der Waals surface area contributed by atoms with Crippen LogP contribution in [0.25, 0.3) is 0 Å². The van der Waals surface area contributed by atoms with Crippen molar-refractivity contribution in [2.24, 2.45) is 5.14 Å². The number of methoxy groups -OCH3 is 1. The van der Waals surface area contributed by atoms with Crippen molar-refractivity contribution in [3.63, 3.8) is 0 Å². The molecule has 0 aliphatic carbocycles. The van der Waals surface area contributed by atoms with Crippen LogP contribution in [-0.2, 0) is 10.0 Å². The van der Waals surface area contributed by atoms with Crippen molar-refractivity contribution < 1.29 is 26.7 Å². The average Bonchev–Trinajstić information content (AvgIpc) is 2.48. The molecule has 0 aliphatic rings. The Kier molecular flexibility index (Phi) is 4.62. The first-order chi connectivity index (χ1) is 10.7. The fourth-order valence-electron chi connectivity index (χ4n) is 1.87. The Balaban J connectivity index is 2.32. The normalized spacial score (nSPS) is 11.1. The predicted molar refractivity (Wildman–Crippen MR) is 78.7 cm³/mol. The van der Waals surface area contributed by atoms with Crippen LogP contribution in [-0.4, -0.2) is 21.4 Å². The van der Waals surface area contributed by atoms with E-state index in [1.165, 1.54) is 24.3 Å². The van der Waals surface area contributed by atoms with E-state index < -0.39 is 38.9 Å². The zero-order chi connectivity index (χ0) is 17.2. The fourth-order valence-corrected chi connectivity index (χ4v) is 2.38. The van der Waals surface area contributed by atoms with Crippen molar-refractivity contribution in [3.8, 4) is 5.75 Å². The molecule has 0 bridgehead atoms. The molecule has 0 aromatic heterocycles. The summed E-state index contributed by atoms with van der Waals surface area (Å²) >= 11 is 0. The molecule has 23 heavy (non-hydrogen) atoms. The number of sulfonamides is 1. The molecule has 9 heteroatoms. The van der Waals surface area contributed by atoms with Gasteiger partial charge in [0.25, 0.3) is 5.91 Å². The number of ether oxygens (including phenoxy) is 1. The van der Waals surface area contributed by atoms with E-state index in [9.17, 15) is 22.0 Å². The van der Waals surface area contributed by atoms with E-state index in [-0.39, 0.29) is 10.6 Å². The molecule has 0 atom stereocenters. The molecule has 2 rings (SSSR count). The summed E-state index contributed by atoms with van der Waals surface area (Å²) in [5.74, 6) is -3.31. The number of hydrogen-bond acceptors (Lipinski definition) is 4. The highest BCUT2D eigenvalue weighted by Gasteiger charge is 2.21. The van der Waals surface area contributed by atoms with Crippen molar-refractivity contribution >= 4 is 21.6 Å². The third kappa shape index (κ3) is 3.63. The maximum Gasteiger partial charge on any atom is 0.262 e. The van der Waals surface area contributed by atoms with E-state index in [0.717, 1.165) is 19.2 Å². The third-order valence-electron chi connectivity index (χ3n) is 2.93. The number of nitrogens with two attached hydrogens (primary N) is 1. The summed E-state index contributed by atoms with van der Waals surface area (Å²) in [4.78, 5) is 12.0. The summed E-state index contributed by atoms with van der Waals surface area (Å²) < 4.78 is 54.3. The molecule has 6 nitrogen and oxygen atoms in total. The first kappa shape index (κ1) is 16.8. The Bertz CT molecular complexity index is 852. The molecular weight excluding hydrogens is 330 g/mol. The summed E-state index contributed by atoms with van der Waals surface area (Å²) in [6.45, 7) is 0. The maximum absolute atomic E-state index is 13.8. The number of carbonyl (C=O) groups excluding carboxylic acids is 1. The Morgan fingerprint density at radius 3 is 2.17 bits per heavy atom. The molecule has 1 amide bonds. The zero-order valence-electron chi connectivity index (χ0n) is 11.8. The fraction of sp³-hybridized carbons (Fsp3) is 0.0714. The van der Waals surface area contributed by atoms with E-state index in [1.807, 2.05) is 0 Å². The molecule has 0 saturated carbocycles. The summed E-state index contributed by atoms with van der Waals surface area (Å²) in [6, 6.07) is 6.51. The van der Waals surface area contributed by atoms with Crippen LogP contribution < -0.4 is 15.2 Å². The topological polar surface area (TPSA) is 98.5 Å². The Hall–Kier alpha value is -2.52. The zero-order valence-corrected chi connectivity index (χ0v) is 12.7. The number of halogens is 2. The molecule has 3 N–H and O–H groups in total. The molecular formula is C14H12F2N2O4S. The van der Waals surface area contributed by atoms with Gasteiger partial charge in [0.05, 0.1) is 12.0 Å². The summed E-state index contributed by atoms with van der Waals surface area (Å²) in [5.41, 5.74) is -0.420. The van der Waals surface area contributed by atoms with Crippen LogP contribution >= 0.6 is 0 Å². The van der Waals surface area contributed by atoms with Gasteiger partial charge in [-0.15, -0.1) is 0 Å². The third-order valence-corrected chi connectivity index (χ3v) is 3.86. The van der Waals surface area contributed by atoms with E-state index in [1.54, 1.807) is 0 Å². The summed E-state index contributed by atoms with van der Waals surface area (Å²) in [7, 11) is -2.76. The number of rotatable bonds is 4. The predicted octanol–water partition coefficient (Wildman–Crippen LogP) is 1.87. The highest BCUT2D eigenvalue weighted by molar-refractivity contribution is 7.89. The van der Waals surface area contributed by atoms with Crippen molar-refractivity contribution in [2.45, 2.75) is 4.90 Å². The SMILES string of the molecule is COc1c(F)ccc(F)c1C(=O)Nc1ccc(S(N)(=O)=O)cc1. The molecule has 0 radical (unpaired) electrons. The number of amides is 1. The van der Waals surface area contributed by atoms with Gasteiger partial charge in [0.2, 0.25) is 10.0 Å². The maximum atomic E-state index is 13.8. The van der Waals surface area contributed by atoms with Crippen LogP contribution in [0.3, 0.4) is 0 Å². The van der Waals surface area contributed by atoms with Crippen LogP contribution in [0.4, 0.5) is 14.5 Å². The molecule has 0 aliphatic heterocycles. The van der Waals surface area contributed by atoms with E-state index >= 15 is 0 Å². The Morgan fingerprint density at radius 2 is 1.65 bits per heavy atom. The first-order valence-corrected chi connectivity index (χ1v) is 7.75. The first-order valence-electron chi connectivity index (χ1n) is 6.20. The monoisotopic (exact) mass is 342 g/mol. The minimum atomic E-state index is -3.87. The minimum Gasteiger partial charge on any atom is -0.493 e. The Morgan fingerprint density at radius 1 is 1.09 bits per heavy atom. The lowest BCUT2D eigenvalue weighted by Crippen LogP contribution is -2.16. The highest BCUT2D eigenvalue weighted by atomic mass is 32.2. The second-order valence-electron chi connectivity index (χ2n) is 4.46. The van der Waals surface area contributed by atoms with Crippen molar-refractivity contribution in [2.75, 3.05) is 12.4 Å². The van der Waals surface area contributed by atoms with Gasteiger partial charge >= 0.3 is 0 Å². The minimum absolute atomic E-state index is 0.148. The number of primary sulfonamides is 1. The Labute approximate surface area is 130 Å². The molecule has 122 valence electrons. The van der Waals surface area contributed by atoms with E-state index in [4.69, 9.17) is 9.88 Å². The standard InChI is InChI=1S/C14H12F2N2O4S/c1-22-13-11(16)7-6-10(15)12(13)14(19)18-8-2-4-9(5-3-8)23(17,20)21/h2-7H,1H3,(H,18,19)(H2,17,20,21). The van der Waals surface area contributed by atoms with Crippen LogP contribution in [0, 0.1) is 11.6 Å². The lowest BCUT2D eigenvalue weighted by molar-refractivity contribution is 0.101. The smallest absolute Gasteiger partial charge is 0.262 e. The number of carbonyl (C=O) groups is 1. The van der Waals surface area contributed by atoms with Gasteiger partial charge in [0.1, 0.15) is 11.4 Å². The number of nitrogens with one attached hydrogen (secondary N) is 1. The lowest BCUT2D eigenvalue weighted by Gasteiger charge is -2.11. The number of benzene rings is 2. The molecule has 0 fully saturated rings. The molecule has 0 saturated heterocycles. The quantitative estimate of drug-likeness (QED) is 0.886. The lowest BCUT2D eigenvalue weighted by atomic mass is 10.1. The van der Waals surface area contributed by atoms with Gasteiger partial charge in [-0.3, -0.25) is 4.79 Å². The van der Waals surface area contributed by atoms with Gasteiger partial charge in [-0.25, -0.2) is 22.3 Å². The summed E-state index contributed by atoms with van der Waals surface area (Å²) in [5, 5.41) is 7.27. The molecule has 0 heterocycles. The van der Waals surface area contributed by atoms with E-state index in [0.29, 0.717) is 0 Å². The highest BCUT2D eigenvalue weighted by Crippen LogP contribution is 2.26. The van der Waals surface area contributed by atoms with Gasteiger partial charge in [0, 0.05) is 5.69 Å². The van der Waals surface area contributed by atoms with Gasteiger partial charge < -0.3 is 10.1 Å². The number of hydrogen-bond donors (Lipinski definition) is 2. The van der Waals surface area contributed by atoms with Crippen LogP contribution in [0.5, 0.6) is 5.75 Å². The second kappa shape index (κ2) is 6.31.